The number of nitrogens with two attached hydrogens (primary N) is 1. The predicted octanol–water partition coefficient (Wildman–Crippen LogP) is 3.23. The topological polar surface area (TPSA) is 134 Å². The SMILES string of the molecule is CC(C)(O)CNc1ccccc1N.CC(C)(O)CNc1ccccc1[N+](=O)[O-]. The summed E-state index contributed by atoms with van der Waals surface area (Å²) in [5, 5.41) is 35.5. The first-order valence-electron chi connectivity index (χ1n) is 8.89. The van der Waals surface area contributed by atoms with E-state index in [2.05, 4.69) is 10.6 Å². The monoisotopic (exact) mass is 390 g/mol. The van der Waals surface area contributed by atoms with E-state index in [9.17, 15) is 20.3 Å². The Hall–Kier alpha value is -2.84. The molecule has 2 aromatic rings. The Labute approximate surface area is 165 Å². The summed E-state index contributed by atoms with van der Waals surface area (Å²) in [4.78, 5) is 10.2. The van der Waals surface area contributed by atoms with Crippen LogP contribution in [0.2, 0.25) is 0 Å². The molecule has 0 saturated heterocycles. The van der Waals surface area contributed by atoms with Gasteiger partial charge in [0, 0.05) is 19.2 Å². The molecule has 0 fully saturated rings. The number of nitro benzene ring substituents is 1. The summed E-state index contributed by atoms with van der Waals surface area (Å²) in [6.07, 6.45) is 0. The molecule has 0 aliphatic rings. The number of nitro groups is 1. The van der Waals surface area contributed by atoms with Gasteiger partial charge >= 0.3 is 0 Å². The molecule has 8 nitrogen and oxygen atoms in total. The Bertz CT molecular complexity index is 767. The number of nitrogen functional groups attached to an aromatic ring is 1. The maximum Gasteiger partial charge on any atom is 0.292 e. The van der Waals surface area contributed by atoms with Gasteiger partial charge in [-0.05, 0) is 45.9 Å². The molecule has 0 atom stereocenters. The summed E-state index contributed by atoms with van der Waals surface area (Å²) in [5.74, 6) is 0. The minimum Gasteiger partial charge on any atom is -0.397 e. The van der Waals surface area contributed by atoms with E-state index in [-0.39, 0.29) is 12.2 Å². The van der Waals surface area contributed by atoms with Crippen LogP contribution in [0.15, 0.2) is 48.5 Å². The second kappa shape index (κ2) is 9.91. The molecular weight excluding hydrogens is 360 g/mol. The van der Waals surface area contributed by atoms with Crippen LogP contribution in [-0.4, -0.2) is 39.4 Å². The lowest BCUT2D eigenvalue weighted by atomic mass is 10.1. The van der Waals surface area contributed by atoms with E-state index in [4.69, 9.17) is 5.73 Å². The molecule has 0 saturated carbocycles. The van der Waals surface area contributed by atoms with Crippen LogP contribution in [0, 0.1) is 10.1 Å². The first kappa shape index (κ1) is 23.2. The first-order chi connectivity index (χ1) is 12.9. The molecule has 2 aromatic carbocycles. The molecule has 28 heavy (non-hydrogen) atoms. The van der Waals surface area contributed by atoms with E-state index >= 15 is 0 Å². The normalized spacial score (nSPS) is 11.2. The zero-order valence-electron chi connectivity index (χ0n) is 16.8. The van der Waals surface area contributed by atoms with Crippen molar-refractivity contribution in [3.8, 4) is 0 Å². The summed E-state index contributed by atoms with van der Waals surface area (Å²) < 4.78 is 0. The molecule has 0 aliphatic carbocycles. The summed E-state index contributed by atoms with van der Waals surface area (Å²) in [6, 6.07) is 13.9. The molecule has 0 unspecified atom stereocenters. The van der Waals surface area contributed by atoms with Gasteiger partial charge in [-0.2, -0.15) is 0 Å². The molecular formula is C20H30N4O4. The molecule has 0 bridgehead atoms. The number of nitrogens with zero attached hydrogens (tertiary/aromatic N) is 1. The van der Waals surface area contributed by atoms with Crippen molar-refractivity contribution in [1.29, 1.82) is 0 Å². The highest BCUT2D eigenvalue weighted by Gasteiger charge is 2.16. The Balaban J connectivity index is 0.000000283. The first-order valence-corrected chi connectivity index (χ1v) is 8.89. The fourth-order valence-corrected chi connectivity index (χ4v) is 2.06. The summed E-state index contributed by atoms with van der Waals surface area (Å²) in [6.45, 7) is 7.51. The number of para-hydroxylation sites is 4. The van der Waals surface area contributed by atoms with E-state index in [1.165, 1.54) is 6.07 Å². The third kappa shape index (κ3) is 9.20. The predicted molar refractivity (Wildman–Crippen MR) is 114 cm³/mol. The maximum atomic E-state index is 10.6. The fourth-order valence-electron chi connectivity index (χ4n) is 2.06. The fraction of sp³-hybridized carbons (Fsp3) is 0.400. The van der Waals surface area contributed by atoms with E-state index in [0.717, 1.165) is 5.69 Å². The zero-order chi connectivity index (χ0) is 21.4. The number of nitrogens with one attached hydrogen (secondary N) is 2. The molecule has 0 aromatic heterocycles. The van der Waals surface area contributed by atoms with Gasteiger partial charge in [0.2, 0.25) is 0 Å². The van der Waals surface area contributed by atoms with Gasteiger partial charge in [-0.1, -0.05) is 24.3 Å². The van der Waals surface area contributed by atoms with Gasteiger partial charge in [0.15, 0.2) is 0 Å². The number of hydrogen-bond donors (Lipinski definition) is 5. The third-order valence-corrected chi connectivity index (χ3v) is 3.48. The second-order valence-corrected chi connectivity index (χ2v) is 7.69. The molecule has 6 N–H and O–H groups in total. The van der Waals surface area contributed by atoms with Crippen molar-refractivity contribution in [2.45, 2.75) is 38.9 Å². The second-order valence-electron chi connectivity index (χ2n) is 7.69. The largest absolute Gasteiger partial charge is 0.397 e. The van der Waals surface area contributed by atoms with Crippen molar-refractivity contribution in [2.75, 3.05) is 29.5 Å². The van der Waals surface area contributed by atoms with E-state index in [0.29, 0.717) is 17.9 Å². The number of rotatable bonds is 7. The molecule has 0 heterocycles. The van der Waals surface area contributed by atoms with Crippen molar-refractivity contribution in [3.05, 3.63) is 58.6 Å². The van der Waals surface area contributed by atoms with E-state index in [1.54, 1.807) is 45.9 Å². The molecule has 8 heteroatoms. The quantitative estimate of drug-likeness (QED) is 0.278. The molecule has 0 amide bonds. The van der Waals surface area contributed by atoms with Crippen LogP contribution in [0.4, 0.5) is 22.7 Å². The molecule has 154 valence electrons. The van der Waals surface area contributed by atoms with Gasteiger partial charge in [-0.15, -0.1) is 0 Å². The van der Waals surface area contributed by atoms with Crippen LogP contribution in [0.5, 0.6) is 0 Å². The van der Waals surface area contributed by atoms with E-state index < -0.39 is 16.1 Å². The van der Waals surface area contributed by atoms with Crippen LogP contribution >= 0.6 is 0 Å². The summed E-state index contributed by atoms with van der Waals surface area (Å²) in [5.41, 5.74) is 6.09. The molecule has 2 rings (SSSR count). The van der Waals surface area contributed by atoms with Crippen LogP contribution in [0.25, 0.3) is 0 Å². The third-order valence-electron chi connectivity index (χ3n) is 3.48. The Kier molecular flexibility index (Phi) is 8.21. The van der Waals surface area contributed by atoms with Gasteiger partial charge in [-0.3, -0.25) is 10.1 Å². The lowest BCUT2D eigenvalue weighted by molar-refractivity contribution is -0.384. The van der Waals surface area contributed by atoms with Crippen LogP contribution in [0.3, 0.4) is 0 Å². The molecule has 0 aliphatic heterocycles. The highest BCUT2D eigenvalue weighted by Crippen LogP contribution is 2.23. The number of benzene rings is 2. The average molecular weight is 390 g/mol. The van der Waals surface area contributed by atoms with Crippen molar-refractivity contribution in [3.63, 3.8) is 0 Å². The van der Waals surface area contributed by atoms with Crippen molar-refractivity contribution >= 4 is 22.7 Å². The lowest BCUT2D eigenvalue weighted by Gasteiger charge is -2.19. The van der Waals surface area contributed by atoms with Crippen LogP contribution < -0.4 is 16.4 Å². The van der Waals surface area contributed by atoms with Crippen LogP contribution in [-0.2, 0) is 0 Å². The van der Waals surface area contributed by atoms with Gasteiger partial charge in [0.25, 0.3) is 5.69 Å². The minimum absolute atomic E-state index is 0.0155. The number of anilines is 3. The van der Waals surface area contributed by atoms with Gasteiger partial charge in [0.1, 0.15) is 5.69 Å². The average Bonchev–Trinajstić information content (AvgIpc) is 2.58. The summed E-state index contributed by atoms with van der Waals surface area (Å²) >= 11 is 0. The van der Waals surface area contributed by atoms with Crippen molar-refractivity contribution in [2.24, 2.45) is 0 Å². The minimum atomic E-state index is -0.899. The number of hydrogen-bond acceptors (Lipinski definition) is 7. The van der Waals surface area contributed by atoms with Crippen molar-refractivity contribution < 1.29 is 15.1 Å². The standard InChI is InChI=1S/C10H14N2O3.C10H16N2O/c1-10(2,13)7-11-8-5-3-4-6-9(8)12(14)15;1-10(2,13)7-12-9-6-4-3-5-8(9)11/h3-6,11,13H,7H2,1-2H3;3-6,12-13H,7,11H2,1-2H3. The number of aliphatic hydroxyl groups is 2. The summed E-state index contributed by atoms with van der Waals surface area (Å²) in [7, 11) is 0. The van der Waals surface area contributed by atoms with E-state index in [1.807, 2.05) is 24.3 Å². The maximum absolute atomic E-state index is 10.6. The van der Waals surface area contributed by atoms with Gasteiger partial charge < -0.3 is 26.6 Å². The molecule has 0 spiro atoms. The molecule has 0 radical (unpaired) electrons. The Morgan fingerprint density at radius 1 is 0.893 bits per heavy atom. The Morgan fingerprint density at radius 3 is 1.79 bits per heavy atom. The van der Waals surface area contributed by atoms with Crippen molar-refractivity contribution in [1.82, 2.24) is 0 Å². The van der Waals surface area contributed by atoms with Gasteiger partial charge in [-0.25, -0.2) is 0 Å². The van der Waals surface area contributed by atoms with Gasteiger partial charge in [0.05, 0.1) is 27.5 Å². The highest BCUT2D eigenvalue weighted by atomic mass is 16.6. The Morgan fingerprint density at radius 2 is 1.32 bits per heavy atom. The van der Waals surface area contributed by atoms with Crippen LogP contribution in [0.1, 0.15) is 27.7 Å². The lowest BCUT2D eigenvalue weighted by Crippen LogP contribution is -2.29. The smallest absolute Gasteiger partial charge is 0.292 e. The zero-order valence-corrected chi connectivity index (χ0v) is 16.8. The highest BCUT2D eigenvalue weighted by molar-refractivity contribution is 5.65.